The third-order valence-electron chi connectivity index (χ3n) is 11.5. The highest BCUT2D eigenvalue weighted by Gasteiger charge is 2.38. The zero-order chi connectivity index (χ0) is 41.1. The van der Waals surface area contributed by atoms with Crippen LogP contribution in [-0.2, 0) is 19.1 Å². The molecule has 0 saturated carbocycles. The molecule has 14 heteroatoms. The van der Waals surface area contributed by atoms with Crippen molar-refractivity contribution in [2.45, 2.75) is 90.4 Å². The van der Waals surface area contributed by atoms with Gasteiger partial charge in [-0.15, -0.1) is 0 Å². The van der Waals surface area contributed by atoms with E-state index in [0.717, 1.165) is 94.5 Å². The fourth-order valence-electron chi connectivity index (χ4n) is 8.30. The number of ether oxygens (including phenoxy) is 2. The van der Waals surface area contributed by atoms with E-state index < -0.39 is 24.3 Å². The van der Waals surface area contributed by atoms with E-state index in [0.29, 0.717) is 13.1 Å². The number of imidazole rings is 2. The molecule has 0 aliphatic carbocycles. The minimum absolute atomic E-state index is 0.112. The van der Waals surface area contributed by atoms with Crippen molar-refractivity contribution in [2.24, 2.45) is 11.8 Å². The maximum absolute atomic E-state index is 13.8. The van der Waals surface area contributed by atoms with Gasteiger partial charge in [0.2, 0.25) is 11.8 Å². The van der Waals surface area contributed by atoms with Gasteiger partial charge in [0, 0.05) is 13.1 Å². The summed E-state index contributed by atoms with van der Waals surface area (Å²) in [5.41, 5.74) is 7.61. The van der Waals surface area contributed by atoms with Crippen molar-refractivity contribution in [1.82, 2.24) is 40.4 Å². The van der Waals surface area contributed by atoms with Crippen LogP contribution in [-0.4, -0.2) is 93.1 Å². The van der Waals surface area contributed by atoms with E-state index in [-0.39, 0.29) is 35.7 Å². The maximum atomic E-state index is 13.8. The van der Waals surface area contributed by atoms with Crippen LogP contribution in [0.5, 0.6) is 0 Å². The number of nitrogens with one attached hydrogen (secondary N) is 4. The van der Waals surface area contributed by atoms with Crippen molar-refractivity contribution < 1.29 is 28.7 Å². The molecule has 4 atom stereocenters. The van der Waals surface area contributed by atoms with Gasteiger partial charge in [0.25, 0.3) is 0 Å². The number of carbonyl (C=O) groups excluding carboxylic acids is 4. The minimum Gasteiger partial charge on any atom is -0.453 e. The van der Waals surface area contributed by atoms with Gasteiger partial charge in [-0.05, 0) is 96.9 Å². The highest BCUT2D eigenvalue weighted by molar-refractivity contribution is 5.88. The molecule has 2 aromatic heterocycles. The van der Waals surface area contributed by atoms with Crippen LogP contribution in [0.3, 0.4) is 0 Å². The topological polar surface area (TPSA) is 175 Å². The van der Waals surface area contributed by atoms with Gasteiger partial charge in [-0.2, -0.15) is 0 Å². The molecule has 4 N–H and O–H groups in total. The molecule has 4 heterocycles. The lowest BCUT2D eigenvalue weighted by molar-refractivity contribution is -0.139. The quantitative estimate of drug-likeness (QED) is 0.112. The van der Waals surface area contributed by atoms with Crippen LogP contribution >= 0.6 is 0 Å². The average Bonchev–Trinajstić information content (AvgIpc) is 3.88. The Bertz CT molecular complexity index is 2120. The lowest BCUT2D eigenvalue weighted by atomic mass is 9.97. The van der Waals surface area contributed by atoms with E-state index in [1.165, 1.54) is 14.2 Å². The van der Waals surface area contributed by atoms with Crippen LogP contribution in [0.4, 0.5) is 9.59 Å². The number of H-pyrrole nitrogens is 2. The Morgan fingerprint density at radius 3 is 1.34 bits per heavy atom. The molecule has 0 radical (unpaired) electrons. The van der Waals surface area contributed by atoms with Crippen molar-refractivity contribution in [3.05, 3.63) is 72.3 Å². The first kappa shape index (κ1) is 40.3. The Kier molecular flexibility index (Phi) is 12.0. The molecule has 3 aromatic carbocycles. The molecule has 14 nitrogen and oxygen atoms in total. The van der Waals surface area contributed by atoms with E-state index in [2.05, 4.69) is 69.1 Å². The third kappa shape index (κ3) is 8.37. The second-order valence-electron chi connectivity index (χ2n) is 16.1. The van der Waals surface area contributed by atoms with Crippen molar-refractivity contribution in [3.63, 3.8) is 0 Å². The Balaban J connectivity index is 1.08. The lowest BCUT2D eigenvalue weighted by Gasteiger charge is -2.37. The summed E-state index contributed by atoms with van der Waals surface area (Å²) in [7, 11) is 2.59. The maximum Gasteiger partial charge on any atom is 0.407 e. The Morgan fingerprint density at radius 2 is 0.983 bits per heavy atom. The summed E-state index contributed by atoms with van der Waals surface area (Å²) < 4.78 is 9.60. The standard InChI is InChI=1S/C44H54N8O6/c1-25(2)37(49-43(55)57-5)41(53)51-21-9-7-11-35(51)39-45-31-19-17-29(23-33(31)47-39)27-13-15-28(16-14-27)30-18-20-32-34(24-30)48-40(46-32)36-12-8-10-22-52(36)42(54)38(26(3)4)50-44(56)58-6/h13-20,23-26,35-38H,7-12,21-22H2,1-6H3,(H,45,47)(H,46,48)(H,49,55)(H,50,56)/t35-,36?,37-,38-/m0/s1. The number of hydrogen-bond acceptors (Lipinski definition) is 8. The van der Waals surface area contributed by atoms with Gasteiger partial charge < -0.3 is 39.9 Å². The van der Waals surface area contributed by atoms with Crippen LogP contribution < -0.4 is 10.6 Å². The van der Waals surface area contributed by atoms with Crippen LogP contribution in [0.2, 0.25) is 0 Å². The number of benzene rings is 3. The average molecular weight is 791 g/mol. The van der Waals surface area contributed by atoms with E-state index >= 15 is 0 Å². The lowest BCUT2D eigenvalue weighted by Crippen LogP contribution is -2.53. The van der Waals surface area contributed by atoms with Gasteiger partial charge in [0.1, 0.15) is 23.7 Å². The molecule has 306 valence electrons. The fraction of sp³-hybridized carbons (Fsp3) is 0.455. The van der Waals surface area contributed by atoms with Crippen molar-refractivity contribution >= 4 is 46.1 Å². The molecule has 0 spiro atoms. The summed E-state index contributed by atoms with van der Waals surface area (Å²) in [5.74, 6) is 0.997. The van der Waals surface area contributed by atoms with Crippen molar-refractivity contribution in [1.29, 1.82) is 0 Å². The third-order valence-corrected chi connectivity index (χ3v) is 11.5. The minimum atomic E-state index is -0.697. The molecule has 7 rings (SSSR count). The fourth-order valence-corrected chi connectivity index (χ4v) is 8.30. The Hall–Kier alpha value is -5.92. The number of piperidine rings is 2. The van der Waals surface area contributed by atoms with Gasteiger partial charge in [-0.25, -0.2) is 19.6 Å². The smallest absolute Gasteiger partial charge is 0.407 e. The van der Waals surface area contributed by atoms with Gasteiger partial charge in [0.05, 0.1) is 48.4 Å². The summed E-state index contributed by atoms with van der Waals surface area (Å²) in [6, 6.07) is 18.9. The zero-order valence-corrected chi connectivity index (χ0v) is 34.1. The number of likely N-dealkylation sites (tertiary alicyclic amines) is 2. The molecular formula is C44H54N8O6. The van der Waals surface area contributed by atoms with Crippen LogP contribution in [0.25, 0.3) is 44.3 Å². The highest BCUT2D eigenvalue weighted by Crippen LogP contribution is 2.35. The van der Waals surface area contributed by atoms with Gasteiger partial charge in [-0.3, -0.25) is 9.59 Å². The molecule has 2 aliphatic heterocycles. The summed E-state index contributed by atoms with van der Waals surface area (Å²) in [5, 5.41) is 5.45. The molecule has 1 unspecified atom stereocenters. The number of hydrogen-bond donors (Lipinski definition) is 4. The van der Waals surface area contributed by atoms with Gasteiger partial charge in [0.15, 0.2) is 0 Å². The summed E-state index contributed by atoms with van der Waals surface area (Å²) >= 11 is 0. The Labute approximate surface area is 338 Å². The molecule has 0 bridgehead atoms. The van der Waals surface area contributed by atoms with Crippen molar-refractivity contribution in [2.75, 3.05) is 27.3 Å². The van der Waals surface area contributed by atoms with E-state index in [1.54, 1.807) is 0 Å². The zero-order valence-electron chi connectivity index (χ0n) is 34.1. The summed E-state index contributed by atoms with van der Waals surface area (Å²) in [6.45, 7) is 8.83. The predicted molar refractivity (Wildman–Crippen MR) is 222 cm³/mol. The van der Waals surface area contributed by atoms with Crippen LogP contribution in [0, 0.1) is 11.8 Å². The SMILES string of the molecule is COC(=O)N[C@H](C(=O)N1CCCCC1c1nc2ccc(-c3ccc(-c4ccc5nc([C@@H]6CCCCN6C(=O)[C@@H](NC(=O)OC)C(C)C)[nH]c5c4)cc3)cc2[nH]1)C(C)C. The number of amides is 4. The molecule has 4 amide bonds. The first-order valence-electron chi connectivity index (χ1n) is 20.4. The largest absolute Gasteiger partial charge is 0.453 e. The normalized spacial score (nSPS) is 18.3. The van der Waals surface area contributed by atoms with Crippen LogP contribution in [0.1, 0.15) is 90.0 Å². The molecule has 2 aliphatic rings. The first-order chi connectivity index (χ1) is 27.9. The number of methoxy groups -OCH3 is 2. The number of fused-ring (bicyclic) bond motifs is 2. The molecule has 2 fully saturated rings. The monoisotopic (exact) mass is 790 g/mol. The van der Waals surface area contributed by atoms with Crippen molar-refractivity contribution in [3.8, 4) is 22.3 Å². The highest BCUT2D eigenvalue weighted by atomic mass is 16.5. The van der Waals surface area contributed by atoms with Gasteiger partial charge in [-0.1, -0.05) is 64.1 Å². The van der Waals surface area contributed by atoms with E-state index in [4.69, 9.17) is 19.4 Å². The van der Waals surface area contributed by atoms with E-state index in [9.17, 15) is 19.2 Å². The predicted octanol–water partition coefficient (Wildman–Crippen LogP) is 7.64. The second kappa shape index (κ2) is 17.3. The molecular weight excluding hydrogens is 737 g/mol. The number of aromatic amines is 2. The Morgan fingerprint density at radius 1 is 0.603 bits per heavy atom. The molecule has 5 aromatic rings. The number of aromatic nitrogens is 4. The second-order valence-corrected chi connectivity index (χ2v) is 16.1. The number of carbonyl (C=O) groups is 4. The number of rotatable bonds is 10. The van der Waals surface area contributed by atoms with Gasteiger partial charge >= 0.3 is 12.2 Å². The van der Waals surface area contributed by atoms with E-state index in [1.807, 2.05) is 49.6 Å². The van der Waals surface area contributed by atoms with Crippen LogP contribution in [0.15, 0.2) is 60.7 Å². The molecule has 58 heavy (non-hydrogen) atoms. The summed E-state index contributed by atoms with van der Waals surface area (Å²) in [6.07, 6.45) is 4.05. The summed E-state index contributed by atoms with van der Waals surface area (Å²) in [4.78, 5) is 72.3. The number of alkyl carbamates (subject to hydrolysis) is 2. The first-order valence-corrected chi connectivity index (χ1v) is 20.4. The molecule has 2 saturated heterocycles. The number of nitrogens with zero attached hydrogens (tertiary/aromatic N) is 4.